The number of hydrogen-bond acceptors (Lipinski definition) is 4. The first kappa shape index (κ1) is 47.1. The topological polar surface area (TPSA) is 69.4 Å². The summed E-state index contributed by atoms with van der Waals surface area (Å²) in [5.74, 6) is -11.7. The van der Waals surface area contributed by atoms with Gasteiger partial charge in [-0.2, -0.15) is 47.9 Å². The first-order chi connectivity index (χ1) is 21.4. The zero-order valence-electron chi connectivity index (χ0n) is 27.6. The molecule has 0 aromatic carbocycles. The predicted molar refractivity (Wildman–Crippen MR) is 167 cm³/mol. The van der Waals surface area contributed by atoms with E-state index in [2.05, 4.69) is 17.7 Å². The van der Waals surface area contributed by atoms with Gasteiger partial charge in [-0.25, -0.2) is 0 Å². The van der Waals surface area contributed by atoms with Crippen LogP contribution in [0.5, 0.6) is 0 Å². The Morgan fingerprint density at radius 2 is 0.913 bits per heavy atom. The normalized spacial score (nSPS) is 13.0. The Bertz CT molecular complexity index is 839. The minimum Gasteiger partial charge on any atom is -0.327 e. The molecule has 0 aromatic rings. The number of alkyl halides is 9. The summed E-state index contributed by atoms with van der Waals surface area (Å²) in [6, 6.07) is 0. The summed E-state index contributed by atoms with van der Waals surface area (Å²) in [5.41, 5.74) is 4.91. The standard InChI is InChI=1S/C29H51F9O3S.C3H7N/c1-2-3-4-5-6-7-8-9-10-11-12-13-14-15-16-19-22-25-41-42(39,40)29(37,38)28(35,36)26(30,31)23-20-17-18-21-24-27(32,33)34;1-2-3-4/h2-25H2,1H3;2H,1,3-4H2. The van der Waals surface area contributed by atoms with Crippen molar-refractivity contribution in [3.8, 4) is 0 Å². The van der Waals surface area contributed by atoms with Gasteiger partial charge in [0, 0.05) is 19.4 Å². The van der Waals surface area contributed by atoms with Gasteiger partial charge < -0.3 is 5.73 Å². The zero-order chi connectivity index (χ0) is 35.6. The molecule has 0 amide bonds. The fourth-order valence-corrected chi connectivity index (χ4v) is 5.57. The zero-order valence-corrected chi connectivity index (χ0v) is 28.4. The average Bonchev–Trinajstić information content (AvgIpc) is 2.97. The summed E-state index contributed by atoms with van der Waals surface area (Å²) in [6.07, 6.45) is 10.1. The fraction of sp³-hybridized carbons (Fsp3) is 0.938. The molecule has 0 bridgehead atoms. The van der Waals surface area contributed by atoms with Crippen LogP contribution in [0.4, 0.5) is 39.5 Å². The highest BCUT2D eigenvalue weighted by atomic mass is 32.2. The molecule has 46 heavy (non-hydrogen) atoms. The quantitative estimate of drug-likeness (QED) is 0.0364. The van der Waals surface area contributed by atoms with Gasteiger partial charge in [-0.15, -0.1) is 6.58 Å². The van der Waals surface area contributed by atoms with Crippen LogP contribution in [0, 0.1) is 0 Å². The highest BCUT2D eigenvalue weighted by Gasteiger charge is 2.77. The van der Waals surface area contributed by atoms with Crippen molar-refractivity contribution >= 4 is 10.1 Å². The van der Waals surface area contributed by atoms with Gasteiger partial charge in [-0.1, -0.05) is 129 Å². The molecule has 0 saturated carbocycles. The van der Waals surface area contributed by atoms with Crippen molar-refractivity contribution in [1.29, 1.82) is 0 Å². The van der Waals surface area contributed by atoms with E-state index in [-0.39, 0.29) is 19.3 Å². The van der Waals surface area contributed by atoms with Crippen molar-refractivity contribution in [1.82, 2.24) is 0 Å². The van der Waals surface area contributed by atoms with Crippen LogP contribution in [-0.2, 0) is 14.3 Å². The van der Waals surface area contributed by atoms with Crippen molar-refractivity contribution < 1.29 is 52.1 Å². The molecule has 4 nitrogen and oxygen atoms in total. The van der Waals surface area contributed by atoms with Crippen LogP contribution in [0.1, 0.15) is 155 Å². The molecule has 0 aromatic heterocycles. The average molecular weight is 708 g/mol. The molecule has 14 heteroatoms. The summed E-state index contributed by atoms with van der Waals surface area (Å²) in [6.45, 7) is 5.31. The molecule has 0 atom stereocenters. The molecule has 0 saturated heterocycles. The van der Waals surface area contributed by atoms with Crippen LogP contribution in [-0.4, -0.2) is 44.8 Å². The summed E-state index contributed by atoms with van der Waals surface area (Å²) in [5, 5.41) is -6.19. The molecular weight excluding hydrogens is 649 g/mol. The summed E-state index contributed by atoms with van der Waals surface area (Å²) in [4.78, 5) is 0. The lowest BCUT2D eigenvalue weighted by Gasteiger charge is -2.31. The third kappa shape index (κ3) is 21.8. The molecule has 0 aliphatic heterocycles. The third-order valence-electron chi connectivity index (χ3n) is 7.49. The lowest BCUT2D eigenvalue weighted by molar-refractivity contribution is -0.283. The molecule has 0 rings (SSSR count). The Morgan fingerprint density at radius 1 is 0.587 bits per heavy atom. The smallest absolute Gasteiger partial charge is 0.327 e. The summed E-state index contributed by atoms with van der Waals surface area (Å²) >= 11 is 0. The molecule has 2 N–H and O–H groups in total. The van der Waals surface area contributed by atoms with Crippen LogP contribution in [0.15, 0.2) is 12.7 Å². The van der Waals surface area contributed by atoms with Crippen LogP contribution < -0.4 is 5.73 Å². The Hall–Kier alpha value is -1.02. The van der Waals surface area contributed by atoms with E-state index in [0.717, 1.165) is 25.7 Å². The molecular formula is C32H58F9NO3S. The maximum Gasteiger partial charge on any atom is 0.438 e. The van der Waals surface area contributed by atoms with Crippen LogP contribution in [0.25, 0.3) is 0 Å². The lowest BCUT2D eigenvalue weighted by atomic mass is 10.0. The molecule has 0 aliphatic rings. The monoisotopic (exact) mass is 707 g/mol. The second kappa shape index (κ2) is 25.9. The second-order valence-corrected chi connectivity index (χ2v) is 13.4. The number of rotatable bonds is 29. The summed E-state index contributed by atoms with van der Waals surface area (Å²) in [7, 11) is -6.37. The van der Waals surface area contributed by atoms with Gasteiger partial charge in [0.05, 0.1) is 6.61 Å². The van der Waals surface area contributed by atoms with E-state index in [1.165, 1.54) is 64.2 Å². The van der Waals surface area contributed by atoms with Gasteiger partial charge in [0.1, 0.15) is 0 Å². The predicted octanol–water partition coefficient (Wildman–Crippen LogP) is 11.9. The van der Waals surface area contributed by atoms with Gasteiger partial charge >= 0.3 is 33.4 Å². The van der Waals surface area contributed by atoms with Crippen molar-refractivity contribution in [2.75, 3.05) is 13.2 Å². The van der Waals surface area contributed by atoms with E-state index in [0.29, 0.717) is 19.4 Å². The SMILES string of the molecule is C=CCN.CCCCCCCCCCCCCCCCCCCOS(=O)(=O)C(F)(F)C(F)(F)C(F)(F)CCCCCCC(F)(F)F. The number of hydrogen-bond donors (Lipinski definition) is 1. The first-order valence-corrected chi connectivity index (χ1v) is 18.2. The lowest BCUT2D eigenvalue weighted by Crippen LogP contribution is -2.58. The first-order valence-electron chi connectivity index (χ1n) is 16.8. The maximum absolute atomic E-state index is 14.1. The van der Waals surface area contributed by atoms with E-state index >= 15 is 0 Å². The van der Waals surface area contributed by atoms with Gasteiger partial charge in [0.2, 0.25) is 0 Å². The molecule has 0 aliphatic carbocycles. The molecule has 0 unspecified atom stereocenters. The highest BCUT2D eigenvalue weighted by Crippen LogP contribution is 2.50. The van der Waals surface area contributed by atoms with E-state index in [4.69, 9.17) is 5.73 Å². The second-order valence-electron chi connectivity index (χ2n) is 11.8. The van der Waals surface area contributed by atoms with Gasteiger partial charge in [-0.3, -0.25) is 4.18 Å². The Kier molecular flexibility index (Phi) is 26.5. The highest BCUT2D eigenvalue weighted by molar-refractivity contribution is 7.87. The Morgan fingerprint density at radius 3 is 1.26 bits per heavy atom. The largest absolute Gasteiger partial charge is 0.438 e. The van der Waals surface area contributed by atoms with Gasteiger partial charge in [-0.05, 0) is 19.3 Å². The number of unbranched alkanes of at least 4 members (excludes halogenated alkanes) is 19. The molecule has 0 radical (unpaired) electrons. The van der Waals surface area contributed by atoms with Crippen molar-refractivity contribution in [2.24, 2.45) is 5.73 Å². The summed E-state index contributed by atoms with van der Waals surface area (Å²) < 4.78 is 148. The van der Waals surface area contributed by atoms with Crippen LogP contribution in [0.2, 0.25) is 0 Å². The molecule has 0 spiro atoms. The molecule has 0 fully saturated rings. The van der Waals surface area contributed by atoms with Gasteiger partial charge in [0.15, 0.2) is 0 Å². The van der Waals surface area contributed by atoms with Gasteiger partial charge in [0.25, 0.3) is 0 Å². The van der Waals surface area contributed by atoms with Crippen molar-refractivity contribution in [3.63, 3.8) is 0 Å². The molecule has 278 valence electrons. The minimum atomic E-state index is -6.37. The number of halogens is 9. The third-order valence-corrected chi connectivity index (χ3v) is 8.85. The Labute approximate surface area is 271 Å². The van der Waals surface area contributed by atoms with E-state index in [1.54, 1.807) is 6.08 Å². The Balaban J connectivity index is 0. The van der Waals surface area contributed by atoms with E-state index < -0.39 is 65.7 Å². The minimum absolute atomic E-state index is 0.0202. The van der Waals surface area contributed by atoms with E-state index in [1.807, 2.05) is 0 Å². The maximum atomic E-state index is 14.1. The van der Waals surface area contributed by atoms with E-state index in [9.17, 15) is 47.9 Å². The molecule has 0 heterocycles. The van der Waals surface area contributed by atoms with Crippen molar-refractivity contribution in [3.05, 3.63) is 12.7 Å². The van der Waals surface area contributed by atoms with Crippen LogP contribution >= 0.6 is 0 Å². The van der Waals surface area contributed by atoms with Crippen LogP contribution in [0.3, 0.4) is 0 Å². The number of nitrogens with two attached hydrogens (primary N) is 1. The van der Waals surface area contributed by atoms with Crippen molar-refractivity contribution in [2.45, 2.75) is 178 Å². The fourth-order valence-electron chi connectivity index (χ4n) is 4.62.